The number of benzene rings is 1. The van der Waals surface area contributed by atoms with Gasteiger partial charge in [0.05, 0.1) is 16.2 Å². The molecule has 1 aromatic heterocycles. The average molecular weight is 347 g/mol. The van der Waals surface area contributed by atoms with Gasteiger partial charge in [-0.05, 0) is 37.1 Å². The molecule has 6 heteroatoms. The van der Waals surface area contributed by atoms with Gasteiger partial charge in [0.25, 0.3) is 0 Å². The summed E-state index contributed by atoms with van der Waals surface area (Å²) >= 11 is 6.43. The summed E-state index contributed by atoms with van der Waals surface area (Å²) in [5, 5.41) is 4.68. The third-order valence-electron chi connectivity index (χ3n) is 4.53. The summed E-state index contributed by atoms with van der Waals surface area (Å²) in [6, 6.07) is 5.83. The number of carbonyl (C=O) groups is 1. The number of fused-ring (bicyclic) bond motifs is 1. The minimum absolute atomic E-state index is 0.0911. The maximum atomic E-state index is 11.7. The maximum Gasteiger partial charge on any atom is 0.219 e. The highest BCUT2D eigenvalue weighted by Gasteiger charge is 2.28. The molecule has 2 heterocycles. The lowest BCUT2D eigenvalue weighted by Crippen LogP contribution is -2.37. The first-order chi connectivity index (χ1) is 11.5. The molecule has 2 atom stereocenters. The Morgan fingerprint density at radius 2 is 2.38 bits per heavy atom. The van der Waals surface area contributed by atoms with E-state index >= 15 is 0 Å². The van der Waals surface area contributed by atoms with E-state index in [-0.39, 0.29) is 18.0 Å². The summed E-state index contributed by atoms with van der Waals surface area (Å²) in [6.45, 7) is 5.45. The first-order valence-electron chi connectivity index (χ1n) is 8.38. The summed E-state index contributed by atoms with van der Waals surface area (Å²) < 4.78 is 0. The van der Waals surface area contributed by atoms with Crippen molar-refractivity contribution in [1.82, 2.24) is 10.3 Å². The quantitative estimate of drug-likeness (QED) is 0.892. The molecular weight excluding hydrogens is 324 g/mol. The average Bonchev–Trinajstić information content (AvgIpc) is 3.02. The van der Waals surface area contributed by atoms with Crippen LogP contribution in [0.4, 0.5) is 5.69 Å². The van der Waals surface area contributed by atoms with Gasteiger partial charge in [0.1, 0.15) is 0 Å². The smallest absolute Gasteiger partial charge is 0.219 e. The van der Waals surface area contributed by atoms with Crippen molar-refractivity contribution in [2.24, 2.45) is 5.73 Å². The Kier molecular flexibility index (Phi) is 4.92. The van der Waals surface area contributed by atoms with E-state index in [0.717, 1.165) is 41.7 Å². The number of nitrogens with one attached hydrogen (secondary N) is 1. The standard InChI is InChI=1S/C18H23ClN4O/c1-3-16(24)22-12-6-8-23(10-12)18-14(11(2)20)9-15(19)13-5-4-7-21-17(13)18/h4-5,7,9,11-12H,3,6,8,10,20H2,1-2H3,(H,22,24). The van der Waals surface area contributed by atoms with E-state index in [0.29, 0.717) is 11.4 Å². The molecule has 128 valence electrons. The number of aromatic nitrogens is 1. The molecule has 0 saturated carbocycles. The van der Waals surface area contributed by atoms with Gasteiger partial charge in [-0.25, -0.2) is 0 Å². The van der Waals surface area contributed by atoms with Crippen LogP contribution < -0.4 is 16.0 Å². The molecule has 3 N–H and O–H groups in total. The van der Waals surface area contributed by atoms with Gasteiger partial charge in [0.15, 0.2) is 0 Å². The van der Waals surface area contributed by atoms with Gasteiger partial charge in [-0.2, -0.15) is 0 Å². The van der Waals surface area contributed by atoms with Crippen molar-refractivity contribution >= 4 is 34.1 Å². The molecule has 1 aliphatic rings. The largest absolute Gasteiger partial charge is 0.367 e. The van der Waals surface area contributed by atoms with Gasteiger partial charge < -0.3 is 16.0 Å². The van der Waals surface area contributed by atoms with E-state index in [9.17, 15) is 4.79 Å². The Bertz CT molecular complexity index is 762. The molecule has 1 saturated heterocycles. The van der Waals surface area contributed by atoms with E-state index in [1.165, 1.54) is 0 Å². The van der Waals surface area contributed by atoms with Gasteiger partial charge in [-0.1, -0.05) is 18.5 Å². The van der Waals surface area contributed by atoms with Crippen LogP contribution in [0.5, 0.6) is 0 Å². The van der Waals surface area contributed by atoms with Gasteiger partial charge in [0, 0.05) is 43.2 Å². The van der Waals surface area contributed by atoms with Crippen molar-refractivity contribution in [3.63, 3.8) is 0 Å². The number of hydrogen-bond donors (Lipinski definition) is 2. The molecule has 0 radical (unpaired) electrons. The van der Waals surface area contributed by atoms with Crippen LogP contribution in [0, 0.1) is 0 Å². The van der Waals surface area contributed by atoms with Crippen molar-refractivity contribution in [2.45, 2.75) is 38.8 Å². The molecule has 0 bridgehead atoms. The van der Waals surface area contributed by atoms with Crippen LogP contribution in [0.3, 0.4) is 0 Å². The van der Waals surface area contributed by atoms with E-state index < -0.39 is 0 Å². The molecule has 1 amide bonds. The van der Waals surface area contributed by atoms with Gasteiger partial charge in [-0.3, -0.25) is 9.78 Å². The summed E-state index contributed by atoms with van der Waals surface area (Å²) in [7, 11) is 0. The minimum atomic E-state index is -0.145. The second-order valence-corrected chi connectivity index (χ2v) is 6.74. The van der Waals surface area contributed by atoms with E-state index in [2.05, 4.69) is 15.2 Å². The molecule has 0 spiro atoms. The van der Waals surface area contributed by atoms with Crippen LogP contribution in [-0.4, -0.2) is 30.0 Å². The Balaban J connectivity index is 2.01. The predicted octanol–water partition coefficient (Wildman–Crippen LogP) is 3.01. The number of carbonyl (C=O) groups excluding carboxylic acids is 1. The molecule has 0 aliphatic carbocycles. The Hall–Kier alpha value is -1.85. The van der Waals surface area contributed by atoms with Crippen LogP contribution >= 0.6 is 11.6 Å². The number of halogens is 1. The minimum Gasteiger partial charge on any atom is -0.367 e. The predicted molar refractivity (Wildman–Crippen MR) is 98.4 cm³/mol. The first-order valence-corrected chi connectivity index (χ1v) is 8.76. The lowest BCUT2D eigenvalue weighted by atomic mass is 10.0. The van der Waals surface area contributed by atoms with E-state index in [1.807, 2.05) is 32.0 Å². The topological polar surface area (TPSA) is 71.2 Å². The van der Waals surface area contributed by atoms with Crippen molar-refractivity contribution in [1.29, 1.82) is 0 Å². The van der Waals surface area contributed by atoms with Gasteiger partial charge in [-0.15, -0.1) is 0 Å². The SMILES string of the molecule is CCC(=O)NC1CCN(c2c(C(C)N)cc(Cl)c3cccnc23)C1. The van der Waals surface area contributed by atoms with Crippen LogP contribution in [0.15, 0.2) is 24.4 Å². The molecule has 1 aliphatic heterocycles. The highest BCUT2D eigenvalue weighted by Crippen LogP contribution is 2.38. The third-order valence-corrected chi connectivity index (χ3v) is 4.84. The zero-order chi connectivity index (χ0) is 17.3. The first kappa shape index (κ1) is 17.0. The molecule has 3 rings (SSSR count). The Labute approximate surface area is 147 Å². The molecule has 24 heavy (non-hydrogen) atoms. The van der Waals surface area contributed by atoms with E-state index in [1.54, 1.807) is 6.20 Å². The van der Waals surface area contributed by atoms with E-state index in [4.69, 9.17) is 17.3 Å². The number of hydrogen-bond acceptors (Lipinski definition) is 4. The van der Waals surface area contributed by atoms with Crippen molar-refractivity contribution in [3.8, 4) is 0 Å². The Morgan fingerprint density at radius 1 is 1.58 bits per heavy atom. The summed E-state index contributed by atoms with van der Waals surface area (Å²) in [6.07, 6.45) is 3.20. The van der Waals surface area contributed by atoms with Crippen LogP contribution in [0.1, 0.15) is 38.3 Å². The van der Waals surface area contributed by atoms with Crippen molar-refractivity contribution < 1.29 is 4.79 Å². The molecule has 5 nitrogen and oxygen atoms in total. The number of anilines is 1. The Morgan fingerprint density at radius 3 is 3.08 bits per heavy atom. The normalized spacial score (nSPS) is 18.8. The molecule has 1 aromatic carbocycles. The number of nitrogens with two attached hydrogens (primary N) is 1. The van der Waals surface area contributed by atoms with Crippen LogP contribution in [0.2, 0.25) is 5.02 Å². The summed E-state index contributed by atoms with van der Waals surface area (Å²) in [4.78, 5) is 18.5. The summed E-state index contributed by atoms with van der Waals surface area (Å²) in [5.74, 6) is 0.0911. The molecule has 1 fully saturated rings. The van der Waals surface area contributed by atoms with Gasteiger partial charge in [0.2, 0.25) is 5.91 Å². The number of nitrogens with zero attached hydrogens (tertiary/aromatic N) is 2. The zero-order valence-electron chi connectivity index (χ0n) is 14.1. The highest BCUT2D eigenvalue weighted by molar-refractivity contribution is 6.36. The lowest BCUT2D eigenvalue weighted by Gasteiger charge is -2.25. The second-order valence-electron chi connectivity index (χ2n) is 6.34. The van der Waals surface area contributed by atoms with Crippen LogP contribution in [0.25, 0.3) is 10.9 Å². The summed E-state index contributed by atoms with van der Waals surface area (Å²) in [5.41, 5.74) is 9.11. The lowest BCUT2D eigenvalue weighted by molar-refractivity contribution is -0.121. The zero-order valence-corrected chi connectivity index (χ0v) is 14.8. The number of rotatable bonds is 4. The maximum absolute atomic E-state index is 11.7. The van der Waals surface area contributed by atoms with Crippen molar-refractivity contribution in [2.75, 3.05) is 18.0 Å². The monoisotopic (exact) mass is 346 g/mol. The second kappa shape index (κ2) is 6.95. The third kappa shape index (κ3) is 3.19. The van der Waals surface area contributed by atoms with Crippen LogP contribution in [-0.2, 0) is 4.79 Å². The fourth-order valence-corrected chi connectivity index (χ4v) is 3.57. The van der Waals surface area contributed by atoms with Crippen molar-refractivity contribution in [3.05, 3.63) is 35.0 Å². The number of pyridine rings is 1. The fraction of sp³-hybridized carbons (Fsp3) is 0.444. The van der Waals surface area contributed by atoms with Gasteiger partial charge >= 0.3 is 0 Å². The molecule has 2 unspecified atom stereocenters. The number of amides is 1. The molecular formula is C18H23ClN4O. The fourth-order valence-electron chi connectivity index (χ4n) is 3.30. The molecule has 2 aromatic rings. The highest BCUT2D eigenvalue weighted by atomic mass is 35.5.